The zero-order valence-electron chi connectivity index (χ0n) is 13.6. The predicted molar refractivity (Wildman–Crippen MR) is 84.7 cm³/mol. The molecule has 1 aromatic carbocycles. The Morgan fingerprint density at radius 1 is 1.36 bits per heavy atom. The number of benzene rings is 1. The van der Waals surface area contributed by atoms with Gasteiger partial charge in [0.1, 0.15) is 5.60 Å². The second-order valence-corrected chi connectivity index (χ2v) is 6.43. The van der Waals surface area contributed by atoms with E-state index in [9.17, 15) is 19.7 Å². The van der Waals surface area contributed by atoms with Crippen molar-refractivity contribution in [3.8, 4) is 0 Å². The van der Waals surface area contributed by atoms with Gasteiger partial charge in [-0.05, 0) is 13.0 Å². The summed E-state index contributed by atoms with van der Waals surface area (Å²) < 4.78 is 11.3. The maximum absolute atomic E-state index is 12.8. The summed E-state index contributed by atoms with van der Waals surface area (Å²) in [5.74, 6) is -1.78. The van der Waals surface area contributed by atoms with E-state index in [2.05, 4.69) is 0 Å². The van der Waals surface area contributed by atoms with Crippen LogP contribution in [0.5, 0.6) is 0 Å². The van der Waals surface area contributed by atoms with Crippen molar-refractivity contribution in [2.45, 2.75) is 25.0 Å². The number of morpholine rings is 1. The van der Waals surface area contributed by atoms with Crippen LogP contribution in [-0.2, 0) is 9.47 Å². The largest absolute Gasteiger partial charge is 0.478 e. The number of carbonyl (C=O) groups excluding carboxylic acids is 1. The smallest absolute Gasteiger partial charge is 0.335 e. The van der Waals surface area contributed by atoms with Gasteiger partial charge in [-0.3, -0.25) is 14.9 Å². The number of hydrogen-bond donors (Lipinski definition) is 1. The van der Waals surface area contributed by atoms with Crippen LogP contribution in [0.1, 0.15) is 34.1 Å². The molecule has 134 valence electrons. The molecule has 25 heavy (non-hydrogen) atoms. The number of ether oxygens (including phenoxy) is 2. The first-order valence-corrected chi connectivity index (χ1v) is 7.87. The van der Waals surface area contributed by atoms with Crippen molar-refractivity contribution in [2.24, 2.45) is 0 Å². The second kappa shape index (κ2) is 6.41. The minimum absolute atomic E-state index is 0.0187. The van der Waals surface area contributed by atoms with Gasteiger partial charge < -0.3 is 19.5 Å². The molecular weight excluding hydrogens is 332 g/mol. The molecule has 9 nitrogen and oxygen atoms in total. The van der Waals surface area contributed by atoms with Crippen molar-refractivity contribution in [3.63, 3.8) is 0 Å². The molecule has 2 heterocycles. The van der Waals surface area contributed by atoms with Gasteiger partial charge in [0.05, 0.1) is 29.7 Å². The van der Waals surface area contributed by atoms with E-state index in [1.165, 1.54) is 0 Å². The number of hydrogen-bond acceptors (Lipinski definition) is 6. The number of aromatic carboxylic acids is 1. The topological polar surface area (TPSA) is 119 Å². The van der Waals surface area contributed by atoms with Gasteiger partial charge in [-0.1, -0.05) is 0 Å². The Labute approximate surface area is 143 Å². The minimum Gasteiger partial charge on any atom is -0.478 e. The van der Waals surface area contributed by atoms with Crippen LogP contribution in [0.25, 0.3) is 0 Å². The lowest BCUT2D eigenvalue weighted by Crippen LogP contribution is -2.57. The number of carboxylic acids is 1. The van der Waals surface area contributed by atoms with E-state index in [4.69, 9.17) is 14.6 Å². The monoisotopic (exact) mass is 350 g/mol. The highest BCUT2D eigenvalue weighted by Gasteiger charge is 2.44. The third-order valence-electron chi connectivity index (χ3n) is 4.38. The number of carbonyl (C=O) groups is 2. The summed E-state index contributed by atoms with van der Waals surface area (Å²) in [5, 5.41) is 20.2. The quantitative estimate of drug-likeness (QED) is 0.645. The number of rotatable bonds is 3. The molecule has 0 radical (unpaired) electrons. The van der Waals surface area contributed by atoms with Gasteiger partial charge in [-0.2, -0.15) is 0 Å². The molecule has 1 aromatic rings. The van der Waals surface area contributed by atoms with E-state index in [1.54, 1.807) is 4.90 Å². The van der Waals surface area contributed by atoms with E-state index in [-0.39, 0.29) is 17.2 Å². The summed E-state index contributed by atoms with van der Waals surface area (Å²) in [7, 11) is 0. The third kappa shape index (κ3) is 3.47. The number of nitro groups is 1. The molecule has 1 amide bonds. The predicted octanol–water partition coefficient (Wildman–Crippen LogP) is 1.31. The summed E-state index contributed by atoms with van der Waals surface area (Å²) in [4.78, 5) is 35.9. The van der Waals surface area contributed by atoms with Crippen LogP contribution >= 0.6 is 0 Å². The molecule has 0 bridgehead atoms. The standard InChI is InChI=1S/C16H18N2O7/c1-10-7-17(8-16(25-10)2-3-24-9-16)14(19)11-4-12(15(20)21)6-13(5-11)18(22)23/h4-6,10H,2-3,7-9H2,1H3,(H,20,21). The molecule has 0 saturated carbocycles. The molecule has 2 aliphatic rings. The second-order valence-electron chi connectivity index (χ2n) is 6.43. The Hall–Kier alpha value is -2.52. The molecule has 3 rings (SSSR count). The summed E-state index contributed by atoms with van der Waals surface area (Å²) >= 11 is 0. The Morgan fingerprint density at radius 2 is 2.08 bits per heavy atom. The van der Waals surface area contributed by atoms with Crippen molar-refractivity contribution in [1.29, 1.82) is 0 Å². The van der Waals surface area contributed by atoms with Crippen LogP contribution in [0, 0.1) is 10.1 Å². The lowest BCUT2D eigenvalue weighted by atomic mass is 9.98. The van der Waals surface area contributed by atoms with E-state index < -0.39 is 28.1 Å². The summed E-state index contributed by atoms with van der Waals surface area (Å²) in [6.45, 7) is 3.41. The van der Waals surface area contributed by atoms with Gasteiger partial charge in [0, 0.05) is 37.3 Å². The van der Waals surface area contributed by atoms with Gasteiger partial charge in [0.2, 0.25) is 0 Å². The first kappa shape index (κ1) is 17.3. The minimum atomic E-state index is -1.33. The van der Waals surface area contributed by atoms with Crippen LogP contribution in [0.2, 0.25) is 0 Å². The molecule has 2 fully saturated rings. The van der Waals surface area contributed by atoms with Crippen LogP contribution < -0.4 is 0 Å². The van der Waals surface area contributed by atoms with Crippen LogP contribution in [0.15, 0.2) is 18.2 Å². The number of amides is 1. The average molecular weight is 350 g/mol. The fourth-order valence-electron chi connectivity index (χ4n) is 3.33. The number of nitro benzene ring substituents is 1. The molecule has 2 saturated heterocycles. The van der Waals surface area contributed by atoms with Crippen LogP contribution in [0.3, 0.4) is 0 Å². The van der Waals surface area contributed by atoms with Crippen molar-refractivity contribution in [1.82, 2.24) is 4.90 Å². The number of non-ortho nitro benzene ring substituents is 1. The molecule has 2 unspecified atom stereocenters. The average Bonchev–Trinajstić information content (AvgIpc) is 3.00. The fraction of sp³-hybridized carbons (Fsp3) is 0.500. The highest BCUT2D eigenvalue weighted by molar-refractivity contribution is 5.98. The zero-order chi connectivity index (χ0) is 18.2. The maximum Gasteiger partial charge on any atom is 0.335 e. The first-order valence-electron chi connectivity index (χ1n) is 7.87. The molecule has 1 spiro atoms. The molecular formula is C16H18N2O7. The number of nitrogens with zero attached hydrogens (tertiary/aromatic N) is 2. The highest BCUT2D eigenvalue weighted by atomic mass is 16.6. The van der Waals surface area contributed by atoms with E-state index in [1.807, 2.05) is 6.92 Å². The van der Waals surface area contributed by atoms with Gasteiger partial charge in [0.25, 0.3) is 11.6 Å². The molecule has 0 aliphatic carbocycles. The molecule has 9 heteroatoms. The van der Waals surface area contributed by atoms with Gasteiger partial charge in [-0.15, -0.1) is 0 Å². The maximum atomic E-state index is 12.8. The Bertz CT molecular complexity index is 695. The third-order valence-corrected chi connectivity index (χ3v) is 4.38. The molecule has 2 atom stereocenters. The first-order chi connectivity index (χ1) is 11.8. The molecule has 1 N–H and O–H groups in total. The van der Waals surface area contributed by atoms with E-state index >= 15 is 0 Å². The molecule has 0 aromatic heterocycles. The van der Waals surface area contributed by atoms with E-state index in [0.717, 1.165) is 18.2 Å². The van der Waals surface area contributed by atoms with Gasteiger partial charge in [-0.25, -0.2) is 4.79 Å². The summed E-state index contributed by atoms with van der Waals surface area (Å²) in [6, 6.07) is 3.20. The van der Waals surface area contributed by atoms with Crippen molar-refractivity contribution < 1.29 is 29.1 Å². The lowest BCUT2D eigenvalue weighted by molar-refractivity contribution is -0.384. The molecule has 2 aliphatic heterocycles. The Morgan fingerprint density at radius 3 is 2.68 bits per heavy atom. The fourth-order valence-corrected chi connectivity index (χ4v) is 3.33. The Kier molecular flexibility index (Phi) is 4.44. The van der Waals surface area contributed by atoms with E-state index in [0.29, 0.717) is 32.7 Å². The van der Waals surface area contributed by atoms with Crippen LogP contribution in [0.4, 0.5) is 5.69 Å². The Balaban J connectivity index is 1.91. The number of carboxylic acid groups (broad SMARTS) is 1. The van der Waals surface area contributed by atoms with Crippen molar-refractivity contribution in [3.05, 3.63) is 39.4 Å². The summed E-state index contributed by atoms with van der Waals surface area (Å²) in [6.07, 6.45) is 0.452. The van der Waals surface area contributed by atoms with Gasteiger partial charge in [0.15, 0.2) is 0 Å². The highest BCUT2D eigenvalue weighted by Crippen LogP contribution is 2.31. The normalized spacial score (nSPS) is 26.0. The lowest BCUT2D eigenvalue weighted by Gasteiger charge is -2.42. The van der Waals surface area contributed by atoms with Gasteiger partial charge >= 0.3 is 5.97 Å². The summed E-state index contributed by atoms with van der Waals surface area (Å²) in [5.41, 5.74) is -1.31. The zero-order valence-corrected chi connectivity index (χ0v) is 13.6. The SMILES string of the molecule is CC1CN(C(=O)c2cc(C(=O)O)cc([N+](=O)[O-])c2)CC2(CCOC2)O1. The van der Waals surface area contributed by atoms with Crippen molar-refractivity contribution in [2.75, 3.05) is 26.3 Å². The van der Waals surface area contributed by atoms with Crippen LogP contribution in [-0.4, -0.2) is 64.8 Å². The van der Waals surface area contributed by atoms with Crippen molar-refractivity contribution >= 4 is 17.6 Å².